The van der Waals surface area contributed by atoms with E-state index in [1.54, 1.807) is 22.6 Å². The third kappa shape index (κ3) is 6.51. The number of aromatic nitrogens is 5. The van der Waals surface area contributed by atoms with Gasteiger partial charge in [0, 0.05) is 38.9 Å². The van der Waals surface area contributed by atoms with Crippen molar-refractivity contribution in [1.82, 2.24) is 29.0 Å². The number of anilines is 4. The largest absolute Gasteiger partial charge is 0.466 e. The lowest BCUT2D eigenvalue weighted by Crippen LogP contribution is -2.30. The fraction of sp³-hybridized carbons (Fsp3) is 0.345. The van der Waals surface area contributed by atoms with Crippen LogP contribution in [0.3, 0.4) is 0 Å². The Hall–Kier alpha value is -4.92. The fourth-order valence-corrected chi connectivity index (χ4v) is 4.96. The minimum atomic E-state index is -4.64. The molecule has 1 amide bonds. The number of pyridine rings is 1. The molecule has 5 rings (SSSR count). The molecule has 0 atom stereocenters. The van der Waals surface area contributed by atoms with Gasteiger partial charge in [0.05, 0.1) is 16.7 Å². The van der Waals surface area contributed by atoms with Gasteiger partial charge in [0.25, 0.3) is 0 Å². The van der Waals surface area contributed by atoms with Crippen molar-refractivity contribution < 1.29 is 22.7 Å². The predicted octanol–water partition coefficient (Wildman–Crippen LogP) is 3.73. The van der Waals surface area contributed by atoms with Crippen molar-refractivity contribution in [2.45, 2.75) is 25.6 Å². The number of halogens is 3. The first-order valence-corrected chi connectivity index (χ1v) is 13.8. The van der Waals surface area contributed by atoms with Crippen molar-refractivity contribution in [1.29, 1.82) is 0 Å². The van der Waals surface area contributed by atoms with Crippen LogP contribution in [0.4, 0.5) is 36.3 Å². The first-order valence-electron chi connectivity index (χ1n) is 13.8. The van der Waals surface area contributed by atoms with Crippen molar-refractivity contribution in [3.8, 4) is 11.7 Å². The number of hydrogen-bond donors (Lipinski definition) is 2. The quantitative estimate of drug-likeness (QED) is 0.244. The number of nitrogens with zero attached hydrogens (tertiary/aromatic N) is 7. The van der Waals surface area contributed by atoms with Crippen LogP contribution < -0.4 is 26.0 Å². The third-order valence-corrected chi connectivity index (χ3v) is 7.00. The summed E-state index contributed by atoms with van der Waals surface area (Å²) in [6, 6.07) is 8.68. The molecular weight excluding hydrogens is 579 g/mol. The van der Waals surface area contributed by atoms with Crippen LogP contribution in [0.15, 0.2) is 54.0 Å². The van der Waals surface area contributed by atoms with Crippen LogP contribution >= 0.6 is 0 Å². The SMILES string of the molecule is C=CC(=O)Nc1cc(Nc2nccc(-n3c(=O)n4c5c(cccc53)CCC4)n2)c(OCC(F)(F)F)nc1N(C)CCN(C)C. The molecular formula is C29H32F3N9O3. The molecule has 15 heteroatoms. The van der Waals surface area contributed by atoms with Crippen molar-refractivity contribution in [3.05, 3.63) is 65.2 Å². The lowest BCUT2D eigenvalue weighted by Gasteiger charge is -2.25. The van der Waals surface area contributed by atoms with Gasteiger partial charge in [-0.25, -0.2) is 14.3 Å². The maximum absolute atomic E-state index is 13.4. The molecule has 1 aliphatic rings. The Labute approximate surface area is 250 Å². The highest BCUT2D eigenvalue weighted by Gasteiger charge is 2.30. The predicted molar refractivity (Wildman–Crippen MR) is 161 cm³/mol. The van der Waals surface area contributed by atoms with Gasteiger partial charge in [-0.3, -0.25) is 9.36 Å². The van der Waals surface area contributed by atoms with E-state index in [1.165, 1.54) is 16.8 Å². The number of para-hydroxylation sites is 1. The van der Waals surface area contributed by atoms with Gasteiger partial charge in [-0.15, -0.1) is 0 Å². The molecule has 0 unspecified atom stereocenters. The Bertz CT molecular complexity index is 1760. The number of aryl methyl sites for hydroxylation is 2. The zero-order valence-corrected chi connectivity index (χ0v) is 24.5. The van der Waals surface area contributed by atoms with Crippen LogP contribution in [-0.4, -0.2) is 81.9 Å². The van der Waals surface area contributed by atoms with Gasteiger partial charge in [0.2, 0.25) is 17.7 Å². The number of carbonyl (C=O) groups excluding carboxylic acids is 1. The minimum absolute atomic E-state index is 0.0327. The standard InChI is InChI=1S/C29H32F3N9O3/c1-5-23(42)34-19-16-20(26(44-17-29(30,31)32)37-25(19)39(4)15-14-38(2)3)35-27-33-12-11-22(36-27)41-21-10-6-8-18-9-7-13-40(24(18)21)28(41)43/h5-6,8,10-12,16H,1,7,9,13-15,17H2,2-4H3,(H,34,42)(H,33,35,36). The average Bonchev–Trinajstić information content (AvgIpc) is 3.27. The van der Waals surface area contributed by atoms with Crippen molar-refractivity contribution >= 4 is 40.1 Å². The summed E-state index contributed by atoms with van der Waals surface area (Å²) in [4.78, 5) is 42.4. The van der Waals surface area contributed by atoms with Crippen LogP contribution in [-0.2, 0) is 17.8 Å². The molecule has 0 spiro atoms. The number of amides is 1. The molecule has 0 saturated heterocycles. The van der Waals surface area contributed by atoms with E-state index in [0.717, 1.165) is 30.0 Å². The van der Waals surface area contributed by atoms with Gasteiger partial charge in [-0.05, 0) is 50.7 Å². The Morgan fingerprint density at radius 1 is 1.16 bits per heavy atom. The van der Waals surface area contributed by atoms with E-state index in [9.17, 15) is 22.8 Å². The molecule has 0 radical (unpaired) electrons. The van der Waals surface area contributed by atoms with E-state index in [1.807, 2.05) is 37.2 Å². The van der Waals surface area contributed by atoms with E-state index >= 15 is 0 Å². The summed E-state index contributed by atoms with van der Waals surface area (Å²) in [5.41, 5.74) is 2.50. The van der Waals surface area contributed by atoms with Crippen molar-refractivity contribution in [2.75, 3.05) is 56.4 Å². The Balaban J connectivity index is 1.57. The molecule has 0 bridgehead atoms. The van der Waals surface area contributed by atoms with Gasteiger partial charge in [0.15, 0.2) is 12.4 Å². The number of imidazole rings is 1. The number of benzene rings is 1. The van der Waals surface area contributed by atoms with Crippen LogP contribution in [0.1, 0.15) is 12.0 Å². The maximum atomic E-state index is 13.4. The zero-order chi connectivity index (χ0) is 31.6. The molecule has 4 heterocycles. The summed E-state index contributed by atoms with van der Waals surface area (Å²) in [5.74, 6) is -0.519. The van der Waals surface area contributed by atoms with Gasteiger partial charge in [0.1, 0.15) is 11.5 Å². The average molecular weight is 612 g/mol. The van der Waals surface area contributed by atoms with E-state index in [2.05, 4.69) is 32.2 Å². The van der Waals surface area contributed by atoms with Crippen molar-refractivity contribution in [2.24, 2.45) is 0 Å². The molecule has 4 aromatic rings. The molecule has 0 fully saturated rings. The number of hydrogen-bond acceptors (Lipinski definition) is 9. The number of ether oxygens (including phenoxy) is 1. The summed E-state index contributed by atoms with van der Waals surface area (Å²) in [6.45, 7) is 3.49. The Morgan fingerprint density at radius 3 is 2.68 bits per heavy atom. The summed E-state index contributed by atoms with van der Waals surface area (Å²) in [6.07, 6.45) is -0.452. The molecule has 12 nitrogen and oxygen atoms in total. The number of likely N-dealkylation sites (N-methyl/N-ethyl adjacent to an activating group) is 2. The monoisotopic (exact) mass is 611 g/mol. The smallest absolute Gasteiger partial charge is 0.422 e. The van der Waals surface area contributed by atoms with Crippen LogP contribution in [0.2, 0.25) is 0 Å². The molecule has 3 aromatic heterocycles. The number of nitrogens with one attached hydrogen (secondary N) is 2. The first kappa shape index (κ1) is 30.5. The van der Waals surface area contributed by atoms with E-state index in [4.69, 9.17) is 4.74 Å². The molecule has 1 aromatic carbocycles. The van der Waals surface area contributed by atoms with Crippen LogP contribution in [0.25, 0.3) is 16.9 Å². The lowest BCUT2D eigenvalue weighted by atomic mass is 10.0. The summed E-state index contributed by atoms with van der Waals surface area (Å²) in [5, 5.41) is 5.53. The summed E-state index contributed by atoms with van der Waals surface area (Å²) < 4.78 is 48.0. The zero-order valence-electron chi connectivity index (χ0n) is 24.5. The van der Waals surface area contributed by atoms with E-state index in [-0.39, 0.29) is 40.5 Å². The molecule has 2 N–H and O–H groups in total. The van der Waals surface area contributed by atoms with Crippen molar-refractivity contribution in [3.63, 3.8) is 0 Å². The highest BCUT2D eigenvalue weighted by Crippen LogP contribution is 2.36. The molecule has 0 saturated carbocycles. The Morgan fingerprint density at radius 2 is 1.95 bits per heavy atom. The van der Waals surface area contributed by atoms with E-state index in [0.29, 0.717) is 25.2 Å². The molecule has 44 heavy (non-hydrogen) atoms. The highest BCUT2D eigenvalue weighted by atomic mass is 19.4. The normalized spacial score (nSPS) is 12.8. The lowest BCUT2D eigenvalue weighted by molar-refractivity contribution is -0.153. The fourth-order valence-electron chi connectivity index (χ4n) is 4.96. The molecule has 232 valence electrons. The second kappa shape index (κ2) is 12.4. The second-order valence-corrected chi connectivity index (χ2v) is 10.6. The van der Waals surface area contributed by atoms with Gasteiger partial charge in [-0.1, -0.05) is 18.7 Å². The van der Waals surface area contributed by atoms with Gasteiger partial charge < -0.3 is 25.2 Å². The maximum Gasteiger partial charge on any atom is 0.422 e. The first-order chi connectivity index (χ1) is 20.9. The molecule has 1 aliphatic heterocycles. The number of rotatable bonds is 11. The van der Waals surface area contributed by atoms with Crippen LogP contribution in [0.5, 0.6) is 5.88 Å². The summed E-state index contributed by atoms with van der Waals surface area (Å²) in [7, 11) is 5.44. The minimum Gasteiger partial charge on any atom is -0.466 e. The van der Waals surface area contributed by atoms with E-state index < -0.39 is 18.7 Å². The Kier molecular flexibility index (Phi) is 8.58. The number of carbonyl (C=O) groups is 1. The second-order valence-electron chi connectivity index (χ2n) is 10.6. The topological polar surface area (TPSA) is 122 Å². The third-order valence-electron chi connectivity index (χ3n) is 7.00. The van der Waals surface area contributed by atoms with Crippen LogP contribution in [0, 0.1) is 0 Å². The summed E-state index contributed by atoms with van der Waals surface area (Å²) >= 11 is 0. The number of alkyl halides is 3. The highest BCUT2D eigenvalue weighted by molar-refractivity contribution is 6.01. The molecule has 0 aliphatic carbocycles. The van der Waals surface area contributed by atoms with Gasteiger partial charge >= 0.3 is 11.9 Å². The van der Waals surface area contributed by atoms with Gasteiger partial charge in [-0.2, -0.15) is 23.1 Å².